The quantitative estimate of drug-likeness (QED) is 0.162. The summed E-state index contributed by atoms with van der Waals surface area (Å²) in [6, 6.07) is 23.8. The number of unbranched alkanes of at least 4 members (excludes halogenated alkanes) is 5. The summed E-state index contributed by atoms with van der Waals surface area (Å²) in [5.74, 6) is 1.49. The molecule has 0 amide bonds. The highest BCUT2D eigenvalue weighted by Crippen LogP contribution is 2.34. The predicted molar refractivity (Wildman–Crippen MR) is 144 cm³/mol. The molecule has 3 aromatic rings. The molecular weight excluding hydrogens is 452 g/mol. The van der Waals surface area contributed by atoms with Crippen LogP contribution in [0.15, 0.2) is 72.8 Å². The molecule has 0 aliphatic heterocycles. The van der Waals surface area contributed by atoms with Crippen LogP contribution in [0.5, 0.6) is 17.2 Å². The maximum absolute atomic E-state index is 11.9. The predicted octanol–water partition coefficient (Wildman–Crippen LogP) is 7.61. The van der Waals surface area contributed by atoms with Gasteiger partial charge in [0, 0.05) is 0 Å². The molecule has 0 N–H and O–H groups in total. The highest BCUT2D eigenvalue weighted by atomic mass is 16.6. The van der Waals surface area contributed by atoms with E-state index < -0.39 is 12.1 Å². The number of benzene rings is 3. The Morgan fingerprint density at radius 3 is 2.19 bits per heavy atom. The van der Waals surface area contributed by atoms with Crippen LogP contribution in [0.2, 0.25) is 0 Å². The first-order chi connectivity index (χ1) is 17.6. The average Bonchev–Trinajstić information content (AvgIpc) is 2.92. The second-order valence-electron chi connectivity index (χ2n) is 8.86. The summed E-state index contributed by atoms with van der Waals surface area (Å²) in [5.41, 5.74) is 3.07. The molecular formula is C31H38O5. The van der Waals surface area contributed by atoms with Crippen LogP contribution in [0.25, 0.3) is 11.1 Å². The molecule has 5 nitrogen and oxygen atoms in total. The third-order valence-electron chi connectivity index (χ3n) is 5.97. The fraction of sp³-hybridized carbons (Fsp3) is 0.387. The number of methoxy groups -OCH3 is 1. The van der Waals surface area contributed by atoms with E-state index >= 15 is 0 Å². The Hall–Kier alpha value is -3.47. The third kappa shape index (κ3) is 8.63. The maximum atomic E-state index is 11.9. The summed E-state index contributed by atoms with van der Waals surface area (Å²) in [6.45, 7) is 5.02. The molecule has 0 bridgehead atoms. The van der Waals surface area contributed by atoms with Gasteiger partial charge in [0.25, 0.3) is 0 Å². The summed E-state index contributed by atoms with van der Waals surface area (Å²) in [4.78, 5) is 11.9. The zero-order valence-electron chi connectivity index (χ0n) is 21.7. The average molecular weight is 491 g/mol. The first-order valence-corrected chi connectivity index (χ1v) is 12.9. The van der Waals surface area contributed by atoms with Crippen LogP contribution in [0.4, 0.5) is 0 Å². The van der Waals surface area contributed by atoms with Crippen molar-refractivity contribution in [3.63, 3.8) is 0 Å². The second kappa shape index (κ2) is 14.8. The van der Waals surface area contributed by atoms with E-state index in [1.165, 1.54) is 39.2 Å². The van der Waals surface area contributed by atoms with Crippen molar-refractivity contribution in [3.8, 4) is 28.4 Å². The van der Waals surface area contributed by atoms with Gasteiger partial charge in [0.1, 0.15) is 12.4 Å². The highest BCUT2D eigenvalue weighted by Gasteiger charge is 2.18. The molecule has 0 spiro atoms. The molecule has 0 unspecified atom stereocenters. The van der Waals surface area contributed by atoms with Crippen molar-refractivity contribution in [3.05, 3.63) is 78.4 Å². The van der Waals surface area contributed by atoms with Crippen molar-refractivity contribution < 1.29 is 23.7 Å². The number of hydrogen-bond donors (Lipinski definition) is 0. The van der Waals surface area contributed by atoms with Crippen molar-refractivity contribution in [1.82, 2.24) is 0 Å². The fourth-order valence-electron chi connectivity index (χ4n) is 3.85. The smallest absolute Gasteiger partial charge is 0.346 e. The van der Waals surface area contributed by atoms with Crippen LogP contribution in [-0.2, 0) is 16.1 Å². The Morgan fingerprint density at radius 2 is 1.47 bits per heavy atom. The number of rotatable bonds is 15. The van der Waals surface area contributed by atoms with E-state index in [9.17, 15) is 4.79 Å². The van der Waals surface area contributed by atoms with E-state index in [2.05, 4.69) is 6.92 Å². The molecule has 0 aliphatic rings. The molecule has 36 heavy (non-hydrogen) atoms. The summed E-state index contributed by atoms with van der Waals surface area (Å²) in [5, 5.41) is 0. The maximum Gasteiger partial charge on any atom is 0.346 e. The van der Waals surface area contributed by atoms with Crippen LogP contribution >= 0.6 is 0 Å². The summed E-state index contributed by atoms with van der Waals surface area (Å²) >= 11 is 0. The van der Waals surface area contributed by atoms with Crippen LogP contribution in [0.1, 0.15) is 57.9 Å². The zero-order chi connectivity index (χ0) is 25.6. The SMILES string of the molecule is CCCCCCCCOc1ccc(-c2ccc(O[C@@H](C)C(=O)OC)c(OCc3ccccc3)c2)cc1. The minimum atomic E-state index is -0.747. The van der Waals surface area contributed by atoms with Crippen molar-refractivity contribution >= 4 is 5.97 Å². The van der Waals surface area contributed by atoms with Crippen molar-refractivity contribution in [2.75, 3.05) is 13.7 Å². The van der Waals surface area contributed by atoms with E-state index in [1.807, 2.05) is 72.8 Å². The zero-order valence-corrected chi connectivity index (χ0v) is 21.7. The monoisotopic (exact) mass is 490 g/mol. The third-order valence-corrected chi connectivity index (χ3v) is 5.97. The first kappa shape index (κ1) is 27.1. The van der Waals surface area contributed by atoms with Gasteiger partial charge in [0.15, 0.2) is 17.6 Å². The van der Waals surface area contributed by atoms with Gasteiger partial charge in [-0.05, 0) is 54.3 Å². The normalized spacial score (nSPS) is 11.5. The largest absolute Gasteiger partial charge is 0.494 e. The first-order valence-electron chi connectivity index (χ1n) is 12.9. The number of carbonyl (C=O) groups excluding carboxylic acids is 1. The van der Waals surface area contributed by atoms with Gasteiger partial charge >= 0.3 is 5.97 Å². The number of ether oxygens (including phenoxy) is 4. The lowest BCUT2D eigenvalue weighted by Gasteiger charge is -2.17. The van der Waals surface area contributed by atoms with Crippen LogP contribution < -0.4 is 14.2 Å². The number of esters is 1. The Balaban J connectivity index is 1.67. The van der Waals surface area contributed by atoms with Gasteiger partial charge in [-0.2, -0.15) is 0 Å². The molecule has 3 aromatic carbocycles. The van der Waals surface area contributed by atoms with E-state index in [0.717, 1.165) is 35.5 Å². The van der Waals surface area contributed by atoms with Gasteiger partial charge in [-0.1, -0.05) is 87.6 Å². The molecule has 3 rings (SSSR count). The van der Waals surface area contributed by atoms with Gasteiger partial charge in [-0.25, -0.2) is 4.79 Å². The Morgan fingerprint density at radius 1 is 0.778 bits per heavy atom. The molecule has 0 radical (unpaired) electrons. The van der Waals surface area contributed by atoms with Crippen molar-refractivity contribution in [1.29, 1.82) is 0 Å². The van der Waals surface area contributed by atoms with Gasteiger partial charge in [-0.15, -0.1) is 0 Å². The van der Waals surface area contributed by atoms with Crippen LogP contribution in [0, 0.1) is 0 Å². The van der Waals surface area contributed by atoms with Gasteiger partial charge in [0.05, 0.1) is 13.7 Å². The molecule has 0 aromatic heterocycles. The molecule has 0 fully saturated rings. The molecule has 0 heterocycles. The summed E-state index contributed by atoms with van der Waals surface area (Å²) in [7, 11) is 1.35. The van der Waals surface area contributed by atoms with Crippen molar-refractivity contribution in [2.24, 2.45) is 0 Å². The molecule has 0 aliphatic carbocycles. The van der Waals surface area contributed by atoms with Gasteiger partial charge in [-0.3, -0.25) is 0 Å². The van der Waals surface area contributed by atoms with Crippen LogP contribution in [-0.4, -0.2) is 25.8 Å². The molecule has 0 saturated carbocycles. The lowest BCUT2D eigenvalue weighted by molar-refractivity contribution is -0.147. The Kier molecular flexibility index (Phi) is 11.2. The number of carbonyl (C=O) groups is 1. The van der Waals surface area contributed by atoms with Gasteiger partial charge in [0.2, 0.25) is 0 Å². The summed E-state index contributed by atoms with van der Waals surface area (Å²) < 4.78 is 22.7. The van der Waals surface area contributed by atoms with E-state index in [4.69, 9.17) is 18.9 Å². The standard InChI is InChI=1S/C31H38O5/c1-4-5-6-7-8-12-21-34-28-18-15-26(16-19-28)27-17-20-29(36-24(2)31(32)33-3)30(22-27)35-23-25-13-10-9-11-14-25/h9-11,13-20,22,24H,4-8,12,21,23H2,1-3H3/t24-/m0/s1. The summed E-state index contributed by atoms with van der Waals surface area (Å²) in [6.07, 6.45) is 6.73. The number of hydrogen-bond acceptors (Lipinski definition) is 5. The fourth-order valence-corrected chi connectivity index (χ4v) is 3.85. The molecule has 192 valence electrons. The lowest BCUT2D eigenvalue weighted by atomic mass is 10.0. The minimum absolute atomic E-state index is 0.387. The Bertz CT molecular complexity index is 1050. The second-order valence-corrected chi connectivity index (χ2v) is 8.86. The lowest BCUT2D eigenvalue weighted by Crippen LogP contribution is -2.25. The minimum Gasteiger partial charge on any atom is -0.494 e. The van der Waals surface area contributed by atoms with Crippen molar-refractivity contribution in [2.45, 2.75) is 65.1 Å². The Labute approximate surface area is 215 Å². The van der Waals surface area contributed by atoms with Gasteiger partial charge < -0.3 is 18.9 Å². The molecule has 1 atom stereocenters. The molecule has 5 heteroatoms. The molecule has 0 saturated heterocycles. The van der Waals surface area contributed by atoms with Crippen LogP contribution in [0.3, 0.4) is 0 Å². The highest BCUT2D eigenvalue weighted by molar-refractivity contribution is 5.75. The van der Waals surface area contributed by atoms with E-state index in [0.29, 0.717) is 18.1 Å². The topological polar surface area (TPSA) is 54.0 Å². The van der Waals surface area contributed by atoms with E-state index in [-0.39, 0.29) is 0 Å². The van der Waals surface area contributed by atoms with E-state index in [1.54, 1.807) is 6.92 Å².